The summed E-state index contributed by atoms with van der Waals surface area (Å²) in [6.07, 6.45) is 2.83. The van der Waals surface area contributed by atoms with Crippen molar-refractivity contribution in [2.24, 2.45) is 0 Å². The van der Waals surface area contributed by atoms with Gasteiger partial charge in [0, 0.05) is 20.2 Å². The summed E-state index contributed by atoms with van der Waals surface area (Å²) >= 11 is 0. The van der Waals surface area contributed by atoms with Crippen LogP contribution in [0.5, 0.6) is 0 Å². The Kier molecular flexibility index (Phi) is 3.48. The number of rotatable bonds is 2. The fourth-order valence-corrected chi connectivity index (χ4v) is 1.46. The Morgan fingerprint density at radius 3 is 2.92 bits per heavy atom. The Hall–Kier alpha value is -0.830. The van der Waals surface area contributed by atoms with E-state index in [0.717, 1.165) is 19.5 Å². The predicted molar refractivity (Wildman–Crippen MR) is 51.4 cm³/mol. The summed E-state index contributed by atoms with van der Waals surface area (Å²) in [5.41, 5.74) is 1.27. The summed E-state index contributed by atoms with van der Waals surface area (Å²) in [6, 6.07) is 0. The van der Waals surface area contributed by atoms with E-state index in [-0.39, 0.29) is 12.0 Å². The average molecular weight is 183 g/mol. The van der Waals surface area contributed by atoms with Crippen LogP contribution in [0.1, 0.15) is 20.3 Å². The van der Waals surface area contributed by atoms with E-state index in [2.05, 4.69) is 13.0 Å². The zero-order valence-corrected chi connectivity index (χ0v) is 8.54. The first-order chi connectivity index (χ1) is 6.15. The molecule has 0 spiro atoms. The second kappa shape index (κ2) is 4.42. The summed E-state index contributed by atoms with van der Waals surface area (Å²) in [6.45, 7) is 5.42. The largest absolute Gasteiger partial charge is 0.372 e. The molecule has 0 saturated carbocycles. The number of amides is 1. The smallest absolute Gasteiger partial charge is 0.251 e. The molecule has 3 heteroatoms. The van der Waals surface area contributed by atoms with E-state index in [4.69, 9.17) is 4.74 Å². The topological polar surface area (TPSA) is 29.5 Å². The fraction of sp³-hybridized carbons (Fsp3) is 0.700. The average Bonchev–Trinajstić information content (AvgIpc) is 2.15. The first kappa shape index (κ1) is 10.3. The van der Waals surface area contributed by atoms with Gasteiger partial charge in [0.25, 0.3) is 5.91 Å². The third-order valence-corrected chi connectivity index (χ3v) is 2.35. The van der Waals surface area contributed by atoms with E-state index in [9.17, 15) is 4.79 Å². The van der Waals surface area contributed by atoms with Gasteiger partial charge in [-0.1, -0.05) is 11.6 Å². The lowest BCUT2D eigenvalue weighted by Gasteiger charge is -2.28. The number of carbonyl (C=O) groups is 1. The molecule has 1 amide bonds. The number of nitrogens with zero attached hydrogens (tertiary/aromatic N) is 1. The molecule has 0 aliphatic carbocycles. The van der Waals surface area contributed by atoms with Crippen LogP contribution in [0.4, 0.5) is 0 Å². The molecule has 74 valence electrons. The van der Waals surface area contributed by atoms with Gasteiger partial charge < -0.3 is 9.64 Å². The zero-order chi connectivity index (χ0) is 9.84. The molecule has 0 N–H and O–H groups in total. The van der Waals surface area contributed by atoms with Crippen LogP contribution >= 0.6 is 0 Å². The fourth-order valence-electron chi connectivity index (χ4n) is 1.46. The SMILES string of the molecule is COC(C)C(=O)N1CCC=C(C)C1. The minimum absolute atomic E-state index is 0.0925. The highest BCUT2D eigenvalue weighted by atomic mass is 16.5. The molecule has 3 nitrogen and oxygen atoms in total. The number of hydrogen-bond donors (Lipinski definition) is 0. The Morgan fingerprint density at radius 1 is 1.69 bits per heavy atom. The molecule has 0 aromatic rings. The van der Waals surface area contributed by atoms with Crippen molar-refractivity contribution in [3.63, 3.8) is 0 Å². The van der Waals surface area contributed by atoms with E-state index in [1.54, 1.807) is 14.0 Å². The normalized spacial score (nSPS) is 19.6. The molecule has 0 aromatic heterocycles. The molecule has 0 bridgehead atoms. The van der Waals surface area contributed by atoms with Gasteiger partial charge in [-0.2, -0.15) is 0 Å². The van der Waals surface area contributed by atoms with Crippen LogP contribution in [0.2, 0.25) is 0 Å². The van der Waals surface area contributed by atoms with Crippen LogP contribution < -0.4 is 0 Å². The third kappa shape index (κ3) is 2.56. The molecule has 0 saturated heterocycles. The number of hydrogen-bond acceptors (Lipinski definition) is 2. The van der Waals surface area contributed by atoms with Crippen molar-refractivity contribution in [2.45, 2.75) is 26.4 Å². The van der Waals surface area contributed by atoms with Gasteiger partial charge in [0.05, 0.1) is 0 Å². The Labute approximate surface area is 79.4 Å². The molecular formula is C10H17NO2. The number of ether oxygens (including phenoxy) is 1. The lowest BCUT2D eigenvalue weighted by atomic mass is 10.1. The van der Waals surface area contributed by atoms with E-state index >= 15 is 0 Å². The van der Waals surface area contributed by atoms with E-state index in [1.807, 2.05) is 4.90 Å². The monoisotopic (exact) mass is 183 g/mol. The molecule has 1 atom stereocenters. The summed E-state index contributed by atoms with van der Waals surface area (Å²) in [7, 11) is 1.56. The van der Waals surface area contributed by atoms with Gasteiger partial charge in [0.1, 0.15) is 6.10 Å². The highest BCUT2D eigenvalue weighted by Gasteiger charge is 2.21. The van der Waals surface area contributed by atoms with E-state index in [0.29, 0.717) is 0 Å². The van der Waals surface area contributed by atoms with Crippen molar-refractivity contribution in [3.05, 3.63) is 11.6 Å². The third-order valence-electron chi connectivity index (χ3n) is 2.35. The van der Waals surface area contributed by atoms with Crippen LogP contribution in [-0.2, 0) is 9.53 Å². The highest BCUT2D eigenvalue weighted by Crippen LogP contribution is 2.10. The summed E-state index contributed by atoms with van der Waals surface area (Å²) in [4.78, 5) is 13.5. The van der Waals surface area contributed by atoms with Gasteiger partial charge in [-0.05, 0) is 20.3 Å². The Balaban J connectivity index is 2.53. The summed E-state index contributed by atoms with van der Waals surface area (Å²) in [5.74, 6) is 0.0925. The molecule has 0 aromatic carbocycles. The lowest BCUT2D eigenvalue weighted by Crippen LogP contribution is -2.41. The van der Waals surface area contributed by atoms with E-state index < -0.39 is 0 Å². The van der Waals surface area contributed by atoms with Crippen LogP contribution in [0, 0.1) is 0 Å². The van der Waals surface area contributed by atoms with Gasteiger partial charge in [-0.15, -0.1) is 0 Å². The van der Waals surface area contributed by atoms with Crippen molar-refractivity contribution in [1.29, 1.82) is 0 Å². The molecule has 1 rings (SSSR count). The maximum atomic E-state index is 11.6. The number of methoxy groups -OCH3 is 1. The van der Waals surface area contributed by atoms with Crippen molar-refractivity contribution >= 4 is 5.91 Å². The van der Waals surface area contributed by atoms with Gasteiger partial charge in [0.2, 0.25) is 0 Å². The molecule has 0 fully saturated rings. The second-order valence-corrected chi connectivity index (χ2v) is 3.48. The molecule has 1 heterocycles. The lowest BCUT2D eigenvalue weighted by molar-refractivity contribution is -0.140. The minimum Gasteiger partial charge on any atom is -0.372 e. The van der Waals surface area contributed by atoms with E-state index in [1.165, 1.54) is 5.57 Å². The molecular weight excluding hydrogens is 166 g/mol. The molecule has 0 radical (unpaired) electrons. The summed E-state index contributed by atoms with van der Waals surface area (Å²) < 4.78 is 4.99. The molecule has 1 aliphatic heterocycles. The highest BCUT2D eigenvalue weighted by molar-refractivity contribution is 5.80. The van der Waals surface area contributed by atoms with Gasteiger partial charge in [-0.3, -0.25) is 4.79 Å². The molecule has 13 heavy (non-hydrogen) atoms. The van der Waals surface area contributed by atoms with Crippen LogP contribution in [0.15, 0.2) is 11.6 Å². The quantitative estimate of drug-likeness (QED) is 0.602. The molecule has 1 unspecified atom stereocenters. The van der Waals surface area contributed by atoms with Crippen LogP contribution in [-0.4, -0.2) is 37.1 Å². The summed E-state index contributed by atoms with van der Waals surface area (Å²) in [5, 5.41) is 0. The standard InChI is InChI=1S/C10H17NO2/c1-8-5-4-6-11(7-8)10(12)9(2)13-3/h5,9H,4,6-7H2,1-3H3. The van der Waals surface area contributed by atoms with Crippen LogP contribution in [0.25, 0.3) is 0 Å². The van der Waals surface area contributed by atoms with Crippen LogP contribution in [0.3, 0.4) is 0 Å². The Morgan fingerprint density at radius 2 is 2.38 bits per heavy atom. The Bertz CT molecular complexity index is 223. The second-order valence-electron chi connectivity index (χ2n) is 3.48. The number of carbonyl (C=O) groups excluding carboxylic acids is 1. The maximum Gasteiger partial charge on any atom is 0.251 e. The van der Waals surface area contributed by atoms with Crippen molar-refractivity contribution in [2.75, 3.05) is 20.2 Å². The predicted octanol–water partition coefficient (Wildman–Crippen LogP) is 1.20. The maximum absolute atomic E-state index is 11.6. The van der Waals surface area contributed by atoms with Crippen molar-refractivity contribution in [1.82, 2.24) is 4.90 Å². The first-order valence-corrected chi connectivity index (χ1v) is 4.62. The van der Waals surface area contributed by atoms with Gasteiger partial charge in [0.15, 0.2) is 0 Å². The van der Waals surface area contributed by atoms with Crippen molar-refractivity contribution in [3.8, 4) is 0 Å². The van der Waals surface area contributed by atoms with Gasteiger partial charge >= 0.3 is 0 Å². The first-order valence-electron chi connectivity index (χ1n) is 4.62. The zero-order valence-electron chi connectivity index (χ0n) is 8.54. The van der Waals surface area contributed by atoms with Gasteiger partial charge in [-0.25, -0.2) is 0 Å². The minimum atomic E-state index is -0.314. The molecule has 1 aliphatic rings. The van der Waals surface area contributed by atoms with Crippen molar-refractivity contribution < 1.29 is 9.53 Å².